The zero-order valence-electron chi connectivity index (χ0n) is 14.0. The van der Waals surface area contributed by atoms with Crippen molar-refractivity contribution >= 4 is 11.9 Å². The summed E-state index contributed by atoms with van der Waals surface area (Å²) in [5, 5.41) is 2.84. The van der Waals surface area contributed by atoms with Crippen LogP contribution in [0.5, 0.6) is 0 Å². The summed E-state index contributed by atoms with van der Waals surface area (Å²) in [4.78, 5) is 32.4. The number of hydrogen-bond donors (Lipinski definition) is 1. The van der Waals surface area contributed by atoms with Crippen molar-refractivity contribution in [1.29, 1.82) is 0 Å². The van der Waals surface area contributed by atoms with E-state index in [9.17, 15) is 9.59 Å². The number of nitrogens with one attached hydrogen (secondary N) is 1. The lowest BCUT2D eigenvalue weighted by Crippen LogP contribution is -2.41. The second kappa shape index (κ2) is 7.97. The molecule has 0 unspecified atom stereocenters. The summed E-state index contributed by atoms with van der Waals surface area (Å²) < 4.78 is 0. The Hall–Kier alpha value is -1.34. The lowest BCUT2D eigenvalue weighted by atomic mass is 10.3. The first-order valence-corrected chi connectivity index (χ1v) is 8.97. The molecule has 0 saturated carbocycles. The van der Waals surface area contributed by atoms with Gasteiger partial charge in [-0.05, 0) is 32.4 Å². The number of hydrogen-bond acceptors (Lipinski definition) is 4. The van der Waals surface area contributed by atoms with Gasteiger partial charge < -0.3 is 20.0 Å². The summed E-state index contributed by atoms with van der Waals surface area (Å²) in [6, 6.07) is 0.0673. The summed E-state index contributed by atoms with van der Waals surface area (Å²) in [7, 11) is 0. The average molecular weight is 323 g/mol. The highest BCUT2D eigenvalue weighted by Crippen LogP contribution is 2.10. The molecule has 0 bridgehead atoms. The third-order valence-electron chi connectivity index (χ3n) is 5.13. The molecular formula is C16H29N5O2. The Kier molecular flexibility index (Phi) is 5.72. The van der Waals surface area contributed by atoms with E-state index >= 15 is 0 Å². The van der Waals surface area contributed by atoms with E-state index in [-0.39, 0.29) is 6.03 Å². The molecule has 3 heterocycles. The number of carbonyl (C=O) groups excluding carboxylic acids is 2. The Bertz CT molecular complexity index is 425. The van der Waals surface area contributed by atoms with Gasteiger partial charge in [0.1, 0.15) is 0 Å². The van der Waals surface area contributed by atoms with Crippen LogP contribution in [0.2, 0.25) is 0 Å². The van der Waals surface area contributed by atoms with E-state index in [0.29, 0.717) is 12.5 Å². The highest BCUT2D eigenvalue weighted by atomic mass is 16.2. The zero-order valence-corrected chi connectivity index (χ0v) is 14.0. The maximum atomic E-state index is 12.3. The molecule has 0 aliphatic carbocycles. The lowest BCUT2D eigenvalue weighted by molar-refractivity contribution is -0.131. The maximum Gasteiger partial charge on any atom is 0.317 e. The molecule has 3 amide bonds. The van der Waals surface area contributed by atoms with E-state index in [1.54, 1.807) is 0 Å². The van der Waals surface area contributed by atoms with Crippen LogP contribution in [0.3, 0.4) is 0 Å². The van der Waals surface area contributed by atoms with Gasteiger partial charge in [0.15, 0.2) is 0 Å². The molecule has 7 heteroatoms. The predicted molar refractivity (Wildman–Crippen MR) is 88.3 cm³/mol. The van der Waals surface area contributed by atoms with Crippen LogP contribution in [0.1, 0.15) is 19.3 Å². The second-order valence-corrected chi connectivity index (χ2v) is 6.78. The molecule has 7 nitrogen and oxygen atoms in total. The summed E-state index contributed by atoms with van der Waals surface area (Å²) in [5.41, 5.74) is 0. The number of carbonyl (C=O) groups is 2. The normalized spacial score (nSPS) is 24.1. The third kappa shape index (κ3) is 4.57. The molecule has 130 valence electrons. The van der Waals surface area contributed by atoms with Crippen LogP contribution in [0.15, 0.2) is 0 Å². The number of urea groups is 1. The van der Waals surface area contributed by atoms with E-state index in [2.05, 4.69) is 15.1 Å². The average Bonchev–Trinajstić information content (AvgIpc) is 3.16. The number of nitrogens with zero attached hydrogens (tertiary/aromatic N) is 4. The zero-order chi connectivity index (χ0) is 16.1. The van der Waals surface area contributed by atoms with E-state index in [0.717, 1.165) is 84.7 Å². The van der Waals surface area contributed by atoms with E-state index < -0.39 is 0 Å². The van der Waals surface area contributed by atoms with Crippen LogP contribution in [0, 0.1) is 0 Å². The van der Waals surface area contributed by atoms with Gasteiger partial charge in [-0.3, -0.25) is 9.69 Å². The van der Waals surface area contributed by atoms with Crippen LogP contribution < -0.4 is 5.32 Å². The van der Waals surface area contributed by atoms with Crippen molar-refractivity contribution in [2.75, 3.05) is 72.0 Å². The van der Waals surface area contributed by atoms with Crippen molar-refractivity contribution in [3.05, 3.63) is 0 Å². The van der Waals surface area contributed by atoms with Crippen molar-refractivity contribution in [3.63, 3.8) is 0 Å². The Morgan fingerprint density at radius 1 is 0.870 bits per heavy atom. The Morgan fingerprint density at radius 3 is 2.35 bits per heavy atom. The molecule has 0 aromatic heterocycles. The van der Waals surface area contributed by atoms with Gasteiger partial charge in [-0.1, -0.05) is 0 Å². The van der Waals surface area contributed by atoms with Gasteiger partial charge in [-0.25, -0.2) is 4.79 Å². The molecule has 3 aliphatic rings. The van der Waals surface area contributed by atoms with Gasteiger partial charge in [-0.15, -0.1) is 0 Å². The minimum absolute atomic E-state index is 0.0673. The minimum atomic E-state index is 0.0673. The van der Waals surface area contributed by atoms with Gasteiger partial charge >= 0.3 is 6.03 Å². The van der Waals surface area contributed by atoms with E-state index in [1.807, 2.05) is 9.80 Å². The first-order valence-electron chi connectivity index (χ1n) is 8.97. The summed E-state index contributed by atoms with van der Waals surface area (Å²) in [6.07, 6.45) is 3.41. The number of rotatable bonds is 5. The van der Waals surface area contributed by atoms with Crippen LogP contribution in [-0.4, -0.2) is 104 Å². The quantitative estimate of drug-likeness (QED) is 0.751. The van der Waals surface area contributed by atoms with Gasteiger partial charge in [0.05, 0.1) is 6.54 Å². The van der Waals surface area contributed by atoms with Crippen LogP contribution in [0.4, 0.5) is 4.79 Å². The van der Waals surface area contributed by atoms with Crippen molar-refractivity contribution in [3.8, 4) is 0 Å². The molecule has 0 radical (unpaired) electrons. The third-order valence-corrected chi connectivity index (χ3v) is 5.13. The summed E-state index contributed by atoms with van der Waals surface area (Å²) in [6.45, 7) is 9.78. The highest BCUT2D eigenvalue weighted by molar-refractivity contribution is 5.78. The van der Waals surface area contributed by atoms with Crippen LogP contribution in [0.25, 0.3) is 0 Å². The summed E-state index contributed by atoms with van der Waals surface area (Å²) >= 11 is 0. The molecular weight excluding hydrogens is 294 g/mol. The van der Waals surface area contributed by atoms with E-state index in [4.69, 9.17) is 0 Å². The molecule has 3 fully saturated rings. The Morgan fingerprint density at radius 2 is 1.61 bits per heavy atom. The smallest absolute Gasteiger partial charge is 0.317 e. The largest absolute Gasteiger partial charge is 0.342 e. The van der Waals surface area contributed by atoms with E-state index in [1.165, 1.54) is 0 Å². The fraction of sp³-hybridized carbons (Fsp3) is 0.875. The van der Waals surface area contributed by atoms with Crippen molar-refractivity contribution in [1.82, 2.24) is 24.9 Å². The standard InChI is InChI=1S/C16H29N5O2/c22-15(20-7-1-2-8-20)14-19-6-3-5-18(10-11-19)12-13-21-9-4-17-16(21)23/h1-14H2,(H,17,23). The first kappa shape index (κ1) is 16.5. The van der Waals surface area contributed by atoms with Crippen LogP contribution in [-0.2, 0) is 4.79 Å². The molecule has 0 aromatic rings. The molecule has 3 saturated heterocycles. The Balaban J connectivity index is 1.38. The molecule has 1 N–H and O–H groups in total. The molecule has 23 heavy (non-hydrogen) atoms. The SMILES string of the molecule is O=C(CN1CCCN(CCN2CCNC2=O)CC1)N1CCCC1. The number of amides is 3. The molecule has 0 atom stereocenters. The van der Waals surface area contributed by atoms with Crippen molar-refractivity contribution in [2.24, 2.45) is 0 Å². The topological polar surface area (TPSA) is 59.1 Å². The highest BCUT2D eigenvalue weighted by Gasteiger charge is 2.23. The van der Waals surface area contributed by atoms with Gasteiger partial charge in [0.25, 0.3) is 0 Å². The fourth-order valence-corrected chi connectivity index (χ4v) is 3.65. The van der Waals surface area contributed by atoms with Crippen molar-refractivity contribution < 1.29 is 9.59 Å². The Labute approximate surface area is 138 Å². The van der Waals surface area contributed by atoms with Gasteiger partial charge in [-0.2, -0.15) is 0 Å². The first-order chi connectivity index (χ1) is 11.2. The minimum Gasteiger partial charge on any atom is -0.342 e. The van der Waals surface area contributed by atoms with Crippen molar-refractivity contribution in [2.45, 2.75) is 19.3 Å². The maximum absolute atomic E-state index is 12.3. The van der Waals surface area contributed by atoms with Gasteiger partial charge in [0, 0.05) is 52.4 Å². The predicted octanol–water partition coefficient (Wildman–Crippen LogP) is -0.358. The van der Waals surface area contributed by atoms with Gasteiger partial charge in [0.2, 0.25) is 5.91 Å². The molecule has 3 rings (SSSR count). The molecule has 0 spiro atoms. The molecule has 0 aromatic carbocycles. The summed E-state index contributed by atoms with van der Waals surface area (Å²) in [5.74, 6) is 0.296. The van der Waals surface area contributed by atoms with Crippen LogP contribution >= 0.6 is 0 Å². The second-order valence-electron chi connectivity index (χ2n) is 6.78. The monoisotopic (exact) mass is 323 g/mol. The molecule has 3 aliphatic heterocycles. The lowest BCUT2D eigenvalue weighted by Gasteiger charge is -2.24. The fourth-order valence-electron chi connectivity index (χ4n) is 3.65. The number of likely N-dealkylation sites (tertiary alicyclic amines) is 1.